The Bertz CT molecular complexity index is 747. The van der Waals surface area contributed by atoms with Crippen LogP contribution in [0.4, 0.5) is 5.69 Å². The highest BCUT2D eigenvalue weighted by Gasteiger charge is 2.11. The Morgan fingerprint density at radius 2 is 1.79 bits per heavy atom. The van der Waals surface area contributed by atoms with Gasteiger partial charge in [-0.25, -0.2) is 0 Å². The maximum atomic E-state index is 12.4. The molecule has 5 nitrogen and oxygen atoms in total. The van der Waals surface area contributed by atoms with E-state index < -0.39 is 0 Å². The van der Waals surface area contributed by atoms with Crippen molar-refractivity contribution in [2.45, 2.75) is 13.3 Å². The first-order valence-electron chi connectivity index (χ1n) is 7.58. The van der Waals surface area contributed by atoms with Crippen molar-refractivity contribution in [1.82, 2.24) is 5.32 Å². The molecule has 6 heteroatoms. The highest BCUT2D eigenvalue weighted by atomic mass is 35.5. The number of methoxy groups -OCH3 is 1. The molecular weight excluding hydrogens is 328 g/mol. The summed E-state index contributed by atoms with van der Waals surface area (Å²) in [6.45, 7) is 2.57. The molecule has 0 fully saturated rings. The molecule has 2 N–H and O–H groups in total. The number of rotatable bonds is 6. The number of carbonyl (C=O) groups excluding carboxylic acids is 2. The van der Waals surface area contributed by atoms with E-state index in [1.165, 1.54) is 7.11 Å². The normalized spacial score (nSPS) is 10.1. The molecule has 2 aromatic carbocycles. The van der Waals surface area contributed by atoms with Crippen LogP contribution in [0.2, 0.25) is 5.02 Å². The van der Waals surface area contributed by atoms with Crippen molar-refractivity contribution in [3.63, 3.8) is 0 Å². The van der Waals surface area contributed by atoms with Gasteiger partial charge in [0.25, 0.3) is 11.8 Å². The van der Waals surface area contributed by atoms with Crippen LogP contribution in [-0.2, 0) is 0 Å². The van der Waals surface area contributed by atoms with Crippen LogP contribution in [0.25, 0.3) is 0 Å². The lowest BCUT2D eigenvalue weighted by atomic mass is 10.1. The number of anilines is 1. The average Bonchev–Trinajstić information content (AvgIpc) is 2.60. The zero-order valence-electron chi connectivity index (χ0n) is 13.6. The van der Waals surface area contributed by atoms with Gasteiger partial charge >= 0.3 is 0 Å². The second-order valence-electron chi connectivity index (χ2n) is 5.14. The van der Waals surface area contributed by atoms with Gasteiger partial charge in [-0.15, -0.1) is 0 Å². The first kappa shape index (κ1) is 17.8. The summed E-state index contributed by atoms with van der Waals surface area (Å²) in [6, 6.07) is 11.5. The van der Waals surface area contributed by atoms with Gasteiger partial charge < -0.3 is 15.4 Å². The summed E-state index contributed by atoms with van der Waals surface area (Å²) in [5, 5.41) is 5.94. The summed E-state index contributed by atoms with van der Waals surface area (Å²) in [6.07, 6.45) is 0.851. The molecule has 0 aromatic heterocycles. The molecule has 0 heterocycles. The molecule has 0 spiro atoms. The minimum absolute atomic E-state index is 0.195. The van der Waals surface area contributed by atoms with E-state index in [9.17, 15) is 9.59 Å². The maximum absolute atomic E-state index is 12.4. The molecule has 0 radical (unpaired) electrons. The Kier molecular flexibility index (Phi) is 6.21. The van der Waals surface area contributed by atoms with Crippen LogP contribution in [0.1, 0.15) is 34.1 Å². The lowest BCUT2D eigenvalue weighted by molar-refractivity contribution is 0.0953. The van der Waals surface area contributed by atoms with Crippen molar-refractivity contribution in [3.05, 3.63) is 58.6 Å². The zero-order chi connectivity index (χ0) is 17.5. The molecule has 2 aromatic rings. The minimum atomic E-state index is -0.318. The Morgan fingerprint density at radius 3 is 2.42 bits per heavy atom. The molecule has 2 rings (SSSR count). The number of hydrogen-bond acceptors (Lipinski definition) is 3. The van der Waals surface area contributed by atoms with E-state index in [0.717, 1.165) is 6.42 Å². The quantitative estimate of drug-likeness (QED) is 0.837. The second-order valence-corrected chi connectivity index (χ2v) is 5.55. The Hall–Kier alpha value is -2.53. The maximum Gasteiger partial charge on any atom is 0.255 e. The van der Waals surface area contributed by atoms with Gasteiger partial charge in [0.2, 0.25) is 0 Å². The van der Waals surface area contributed by atoms with Crippen molar-refractivity contribution < 1.29 is 14.3 Å². The highest BCUT2D eigenvalue weighted by Crippen LogP contribution is 2.27. The standard InChI is InChI=1S/C18H19ClN2O3/c1-3-9-20-17(22)12-5-4-6-13(10-12)18(23)21-14-7-8-16(24-2)15(19)11-14/h4-8,10-11H,3,9H2,1-2H3,(H,20,22)(H,21,23). The molecule has 0 atom stereocenters. The van der Waals surface area contributed by atoms with Crippen LogP contribution in [0.5, 0.6) is 5.75 Å². The predicted molar refractivity (Wildman–Crippen MR) is 95.0 cm³/mol. The number of nitrogens with one attached hydrogen (secondary N) is 2. The zero-order valence-corrected chi connectivity index (χ0v) is 14.3. The topological polar surface area (TPSA) is 67.4 Å². The van der Waals surface area contributed by atoms with Gasteiger partial charge in [-0.3, -0.25) is 9.59 Å². The van der Waals surface area contributed by atoms with Crippen LogP contribution < -0.4 is 15.4 Å². The third-order valence-electron chi connectivity index (χ3n) is 3.33. The highest BCUT2D eigenvalue weighted by molar-refractivity contribution is 6.32. The van der Waals surface area contributed by atoms with E-state index in [-0.39, 0.29) is 11.8 Å². The Morgan fingerprint density at radius 1 is 1.08 bits per heavy atom. The van der Waals surface area contributed by atoms with Crippen molar-refractivity contribution in [1.29, 1.82) is 0 Å². The van der Waals surface area contributed by atoms with E-state index in [4.69, 9.17) is 16.3 Å². The first-order chi connectivity index (χ1) is 11.5. The number of ether oxygens (including phenoxy) is 1. The fraction of sp³-hybridized carbons (Fsp3) is 0.222. The number of halogens is 1. The van der Waals surface area contributed by atoms with Crippen LogP contribution in [-0.4, -0.2) is 25.5 Å². The van der Waals surface area contributed by atoms with Crippen LogP contribution in [0.15, 0.2) is 42.5 Å². The third kappa shape index (κ3) is 4.49. The monoisotopic (exact) mass is 346 g/mol. The number of amides is 2. The van der Waals surface area contributed by atoms with Crippen molar-refractivity contribution >= 4 is 29.1 Å². The lowest BCUT2D eigenvalue weighted by Gasteiger charge is -2.09. The Labute approximate surface area is 146 Å². The molecule has 0 aliphatic carbocycles. The van der Waals surface area contributed by atoms with Gasteiger partial charge in [0.15, 0.2) is 0 Å². The van der Waals surface area contributed by atoms with Crippen LogP contribution >= 0.6 is 11.6 Å². The molecule has 126 valence electrons. The third-order valence-corrected chi connectivity index (χ3v) is 3.63. The molecular formula is C18H19ClN2O3. The molecule has 0 saturated carbocycles. The fourth-order valence-corrected chi connectivity index (χ4v) is 2.35. The molecule has 0 saturated heterocycles. The van der Waals surface area contributed by atoms with Gasteiger partial charge in [0, 0.05) is 23.4 Å². The summed E-state index contributed by atoms with van der Waals surface area (Å²) in [5.41, 5.74) is 1.39. The van der Waals surface area contributed by atoms with Crippen molar-refractivity contribution in [3.8, 4) is 5.75 Å². The summed E-state index contributed by atoms with van der Waals surface area (Å²) in [5.74, 6) is 0.0182. The van der Waals surface area contributed by atoms with Crippen molar-refractivity contribution in [2.75, 3.05) is 19.0 Å². The van der Waals surface area contributed by atoms with E-state index in [1.54, 1.807) is 42.5 Å². The fourth-order valence-electron chi connectivity index (χ4n) is 2.09. The SMILES string of the molecule is CCCNC(=O)c1cccc(C(=O)Nc2ccc(OC)c(Cl)c2)c1. The lowest BCUT2D eigenvalue weighted by Crippen LogP contribution is -2.24. The van der Waals surface area contributed by atoms with Gasteiger partial charge in [0.05, 0.1) is 12.1 Å². The molecule has 24 heavy (non-hydrogen) atoms. The van der Waals surface area contributed by atoms with E-state index in [1.807, 2.05) is 6.92 Å². The largest absolute Gasteiger partial charge is 0.495 e. The second kappa shape index (κ2) is 8.36. The van der Waals surface area contributed by atoms with E-state index in [2.05, 4.69) is 10.6 Å². The van der Waals surface area contributed by atoms with E-state index in [0.29, 0.717) is 34.1 Å². The number of benzene rings is 2. The van der Waals surface area contributed by atoms with Gasteiger partial charge in [-0.05, 0) is 42.8 Å². The van der Waals surface area contributed by atoms with Gasteiger partial charge in [-0.1, -0.05) is 24.6 Å². The number of hydrogen-bond donors (Lipinski definition) is 2. The summed E-state index contributed by atoms with van der Waals surface area (Å²) in [7, 11) is 1.52. The first-order valence-corrected chi connectivity index (χ1v) is 7.96. The van der Waals surface area contributed by atoms with Gasteiger partial charge in [0.1, 0.15) is 5.75 Å². The predicted octanol–water partition coefficient (Wildman–Crippen LogP) is 3.74. The van der Waals surface area contributed by atoms with Crippen LogP contribution in [0.3, 0.4) is 0 Å². The van der Waals surface area contributed by atoms with Crippen molar-refractivity contribution in [2.24, 2.45) is 0 Å². The van der Waals surface area contributed by atoms with Gasteiger partial charge in [-0.2, -0.15) is 0 Å². The molecule has 0 aliphatic rings. The smallest absolute Gasteiger partial charge is 0.255 e. The summed E-state index contributed by atoms with van der Waals surface area (Å²) < 4.78 is 5.07. The number of carbonyl (C=O) groups is 2. The molecule has 0 aliphatic heterocycles. The summed E-state index contributed by atoms with van der Waals surface area (Å²) in [4.78, 5) is 24.3. The molecule has 0 unspecified atom stereocenters. The summed E-state index contributed by atoms with van der Waals surface area (Å²) >= 11 is 6.05. The average molecular weight is 347 g/mol. The van der Waals surface area contributed by atoms with Crippen LogP contribution in [0, 0.1) is 0 Å². The van der Waals surface area contributed by atoms with E-state index >= 15 is 0 Å². The Balaban J connectivity index is 2.12. The molecule has 2 amide bonds. The molecule has 0 bridgehead atoms. The minimum Gasteiger partial charge on any atom is -0.495 e.